The molecule has 1 aliphatic carbocycles. The van der Waals surface area contributed by atoms with Crippen molar-refractivity contribution in [3.63, 3.8) is 0 Å². The van der Waals surface area contributed by atoms with E-state index in [1.807, 2.05) is 30.3 Å². The summed E-state index contributed by atoms with van der Waals surface area (Å²) in [5, 5.41) is 4.61. The number of aromatic nitrogens is 3. The number of hydrogen-bond donors (Lipinski definition) is 2. The van der Waals surface area contributed by atoms with E-state index in [4.69, 9.17) is 15.5 Å². The Morgan fingerprint density at radius 1 is 1.03 bits per heavy atom. The number of nitrogens with one attached hydrogen (secondary N) is 1. The molecule has 1 aromatic carbocycles. The van der Waals surface area contributed by atoms with Crippen molar-refractivity contribution in [3.05, 3.63) is 55.0 Å². The molecule has 0 saturated heterocycles. The molecular formula is C23H23N5OS. The van der Waals surface area contributed by atoms with Crippen LogP contribution in [0, 0.1) is 0 Å². The molecule has 3 N–H and O–H groups in total. The van der Waals surface area contributed by atoms with E-state index in [2.05, 4.69) is 15.3 Å². The van der Waals surface area contributed by atoms with E-state index in [0.29, 0.717) is 11.9 Å². The minimum atomic E-state index is 0.485. The van der Waals surface area contributed by atoms with Crippen LogP contribution in [0.3, 0.4) is 0 Å². The van der Waals surface area contributed by atoms with Crippen LogP contribution >= 0.6 is 11.3 Å². The highest BCUT2D eigenvalue weighted by Crippen LogP contribution is 2.36. The van der Waals surface area contributed by atoms with Crippen LogP contribution in [0.2, 0.25) is 0 Å². The first-order valence-corrected chi connectivity index (χ1v) is 11.1. The number of nitrogen functional groups attached to an aromatic ring is 1. The zero-order chi connectivity index (χ0) is 20.3. The van der Waals surface area contributed by atoms with Crippen LogP contribution in [0.1, 0.15) is 32.1 Å². The quantitative estimate of drug-likeness (QED) is 0.422. The van der Waals surface area contributed by atoms with E-state index >= 15 is 0 Å². The minimum Gasteiger partial charge on any atom is -0.457 e. The highest BCUT2D eigenvalue weighted by Gasteiger charge is 2.15. The number of thiazole rings is 1. The number of anilines is 2. The topological polar surface area (TPSA) is 86.0 Å². The molecular weight excluding hydrogens is 394 g/mol. The van der Waals surface area contributed by atoms with Gasteiger partial charge in [-0.05, 0) is 43.2 Å². The first-order valence-electron chi connectivity index (χ1n) is 10.3. The van der Waals surface area contributed by atoms with E-state index in [1.165, 1.54) is 32.1 Å². The van der Waals surface area contributed by atoms with Gasteiger partial charge in [0.15, 0.2) is 5.13 Å². The second kappa shape index (κ2) is 8.28. The normalized spacial score (nSPS) is 14.7. The predicted molar refractivity (Wildman–Crippen MR) is 122 cm³/mol. The van der Waals surface area contributed by atoms with Crippen molar-refractivity contribution >= 4 is 32.5 Å². The minimum absolute atomic E-state index is 0.485. The smallest absolute Gasteiger partial charge is 0.184 e. The van der Waals surface area contributed by atoms with E-state index in [1.54, 1.807) is 36.0 Å². The average Bonchev–Trinajstić information content (AvgIpc) is 3.17. The summed E-state index contributed by atoms with van der Waals surface area (Å²) < 4.78 is 7.33. The Hall–Kier alpha value is -3.19. The van der Waals surface area contributed by atoms with E-state index in [9.17, 15) is 0 Å². The summed E-state index contributed by atoms with van der Waals surface area (Å²) in [5.41, 5.74) is 8.48. The second-order valence-electron chi connectivity index (χ2n) is 7.57. The molecule has 1 fully saturated rings. The molecule has 3 heterocycles. The third-order valence-electron chi connectivity index (χ3n) is 5.40. The lowest BCUT2D eigenvalue weighted by atomic mass is 9.96. The van der Waals surface area contributed by atoms with Crippen LogP contribution in [-0.4, -0.2) is 21.0 Å². The summed E-state index contributed by atoms with van der Waals surface area (Å²) in [4.78, 5) is 13.2. The zero-order valence-corrected chi connectivity index (χ0v) is 17.4. The summed E-state index contributed by atoms with van der Waals surface area (Å²) in [7, 11) is 0. The van der Waals surface area contributed by atoms with Gasteiger partial charge in [0.25, 0.3) is 0 Å². The summed E-state index contributed by atoms with van der Waals surface area (Å²) >= 11 is 1.68. The monoisotopic (exact) mass is 417 g/mol. The molecule has 0 aliphatic heterocycles. The maximum Gasteiger partial charge on any atom is 0.184 e. The van der Waals surface area contributed by atoms with Crippen molar-refractivity contribution in [2.24, 2.45) is 0 Å². The van der Waals surface area contributed by atoms with Crippen LogP contribution in [0.4, 0.5) is 10.9 Å². The Bertz CT molecular complexity index is 1150. The standard InChI is InChI=1S/C23H23N5OS/c24-22-9-6-15(13-26-22)18-14-25-11-10-20(18)29-17-7-8-19-21(12-17)30-23(28-19)27-16-4-2-1-3-5-16/h6-14,16H,1-5H2,(H2,24,26)(H,27,28). The van der Waals surface area contributed by atoms with E-state index in [-0.39, 0.29) is 0 Å². The van der Waals surface area contributed by atoms with Crippen LogP contribution in [0.15, 0.2) is 55.0 Å². The number of hydrogen-bond acceptors (Lipinski definition) is 7. The molecule has 0 bridgehead atoms. The third-order valence-corrected chi connectivity index (χ3v) is 6.35. The summed E-state index contributed by atoms with van der Waals surface area (Å²) in [6.45, 7) is 0. The molecule has 4 aromatic rings. The lowest BCUT2D eigenvalue weighted by molar-refractivity contribution is 0.462. The molecule has 6 nitrogen and oxygen atoms in total. The third kappa shape index (κ3) is 4.07. The molecule has 0 spiro atoms. The number of fused-ring (bicyclic) bond motifs is 1. The van der Waals surface area contributed by atoms with Crippen molar-refractivity contribution in [2.45, 2.75) is 38.1 Å². The molecule has 3 aromatic heterocycles. The largest absolute Gasteiger partial charge is 0.457 e. The van der Waals surface area contributed by atoms with Gasteiger partial charge in [-0.2, -0.15) is 0 Å². The van der Waals surface area contributed by atoms with Gasteiger partial charge in [-0.15, -0.1) is 0 Å². The van der Waals surface area contributed by atoms with Crippen molar-refractivity contribution in [3.8, 4) is 22.6 Å². The Labute approximate surface area is 179 Å². The van der Waals surface area contributed by atoms with Crippen molar-refractivity contribution in [2.75, 3.05) is 11.1 Å². The number of rotatable bonds is 5. The van der Waals surface area contributed by atoms with Crippen LogP contribution in [-0.2, 0) is 0 Å². The number of nitrogens with zero attached hydrogens (tertiary/aromatic N) is 3. The summed E-state index contributed by atoms with van der Waals surface area (Å²) in [6, 6.07) is 12.1. The Morgan fingerprint density at radius 3 is 2.77 bits per heavy atom. The number of pyridine rings is 2. The molecule has 7 heteroatoms. The molecule has 1 aliphatic rings. The lowest BCUT2D eigenvalue weighted by Gasteiger charge is -2.22. The summed E-state index contributed by atoms with van der Waals surface area (Å²) in [5.74, 6) is 1.98. The van der Waals surface area contributed by atoms with Crippen molar-refractivity contribution in [1.29, 1.82) is 0 Å². The van der Waals surface area contributed by atoms with Gasteiger partial charge in [0.05, 0.1) is 10.2 Å². The number of benzene rings is 1. The second-order valence-corrected chi connectivity index (χ2v) is 8.60. The fourth-order valence-corrected chi connectivity index (χ4v) is 4.80. The van der Waals surface area contributed by atoms with Crippen LogP contribution in [0.25, 0.3) is 21.3 Å². The van der Waals surface area contributed by atoms with Gasteiger partial charge in [-0.1, -0.05) is 30.6 Å². The first-order chi connectivity index (χ1) is 14.7. The molecule has 1 saturated carbocycles. The Balaban J connectivity index is 1.39. The maximum atomic E-state index is 6.22. The molecule has 0 radical (unpaired) electrons. The van der Waals surface area contributed by atoms with E-state index in [0.717, 1.165) is 38.0 Å². The predicted octanol–water partition coefficient (Wildman–Crippen LogP) is 5.87. The molecule has 5 rings (SSSR count). The van der Waals surface area contributed by atoms with Gasteiger partial charge in [-0.25, -0.2) is 9.97 Å². The highest BCUT2D eigenvalue weighted by atomic mass is 32.1. The van der Waals surface area contributed by atoms with Gasteiger partial charge in [-0.3, -0.25) is 4.98 Å². The Morgan fingerprint density at radius 2 is 1.93 bits per heavy atom. The average molecular weight is 418 g/mol. The Kier molecular flexibility index (Phi) is 5.19. The van der Waals surface area contributed by atoms with Gasteiger partial charge in [0, 0.05) is 41.8 Å². The molecule has 0 amide bonds. The molecule has 152 valence electrons. The SMILES string of the molecule is Nc1ccc(-c2cnccc2Oc2ccc3nc(NC4CCCCC4)sc3c2)cn1. The van der Waals surface area contributed by atoms with Gasteiger partial charge >= 0.3 is 0 Å². The van der Waals surface area contributed by atoms with Crippen LogP contribution in [0.5, 0.6) is 11.5 Å². The number of ether oxygens (including phenoxy) is 1. The van der Waals surface area contributed by atoms with Gasteiger partial charge < -0.3 is 15.8 Å². The maximum absolute atomic E-state index is 6.22. The van der Waals surface area contributed by atoms with Gasteiger partial charge in [0.2, 0.25) is 0 Å². The van der Waals surface area contributed by atoms with Crippen LogP contribution < -0.4 is 15.8 Å². The van der Waals surface area contributed by atoms with Crippen molar-refractivity contribution in [1.82, 2.24) is 15.0 Å². The molecule has 30 heavy (non-hydrogen) atoms. The van der Waals surface area contributed by atoms with E-state index < -0.39 is 0 Å². The van der Waals surface area contributed by atoms with Crippen molar-refractivity contribution < 1.29 is 4.74 Å². The van der Waals surface area contributed by atoms with Gasteiger partial charge in [0.1, 0.15) is 17.3 Å². The fraction of sp³-hybridized carbons (Fsp3) is 0.261. The highest BCUT2D eigenvalue weighted by molar-refractivity contribution is 7.22. The fourth-order valence-electron chi connectivity index (χ4n) is 3.83. The summed E-state index contributed by atoms with van der Waals surface area (Å²) in [6.07, 6.45) is 11.7. The molecule has 0 atom stereocenters. The lowest BCUT2D eigenvalue weighted by Crippen LogP contribution is -2.21. The number of nitrogens with two attached hydrogens (primary N) is 1. The molecule has 0 unspecified atom stereocenters. The first kappa shape index (κ1) is 18.8. The zero-order valence-electron chi connectivity index (χ0n) is 16.5.